The van der Waals surface area contributed by atoms with Crippen molar-refractivity contribution >= 4 is 21.3 Å². The minimum absolute atomic E-state index is 0.200. The molecule has 0 saturated heterocycles. The summed E-state index contributed by atoms with van der Waals surface area (Å²) >= 11 is -0.249. The minimum Gasteiger partial charge on any atom is -0.368 e. The molecule has 1 aliphatic heterocycles. The predicted octanol–water partition coefficient (Wildman–Crippen LogP) is -0.0815. The largest absolute Gasteiger partial charge is 0.368 e. The molecule has 12 heavy (non-hydrogen) atoms. The Bertz CT molecular complexity index is 205. The van der Waals surface area contributed by atoms with Crippen molar-refractivity contribution in [2.24, 2.45) is 8.88 Å². The molecule has 1 rings (SSSR count). The van der Waals surface area contributed by atoms with Gasteiger partial charge in [0.05, 0.1) is 5.70 Å². The van der Waals surface area contributed by atoms with Crippen LogP contribution in [0.1, 0.15) is 12.8 Å². The van der Waals surface area contributed by atoms with Gasteiger partial charge in [0, 0.05) is 25.1 Å². The Morgan fingerprint density at radius 1 is 1.67 bits per heavy atom. The van der Waals surface area contributed by atoms with E-state index in [1.165, 1.54) is 0 Å². The molecule has 0 aromatic rings. The highest BCUT2D eigenvalue weighted by atomic mass is 127. The second-order valence-corrected chi connectivity index (χ2v) is 4.18. The van der Waals surface area contributed by atoms with Gasteiger partial charge >= 0.3 is 0 Å². The summed E-state index contributed by atoms with van der Waals surface area (Å²) in [5.41, 5.74) is 6.56. The third-order valence-corrected chi connectivity index (χ3v) is 2.86. The fourth-order valence-electron chi connectivity index (χ4n) is 0.907. The van der Waals surface area contributed by atoms with Crippen molar-refractivity contribution in [3.8, 4) is 0 Å². The Labute approximate surface area is 81.2 Å². The van der Waals surface area contributed by atoms with E-state index in [-0.39, 0.29) is 33.8 Å². The molecule has 0 aromatic heterocycles. The van der Waals surface area contributed by atoms with E-state index in [2.05, 4.69) is 6.68 Å². The zero-order chi connectivity index (χ0) is 8.97. The van der Waals surface area contributed by atoms with E-state index in [4.69, 9.17) is 15.9 Å². The highest BCUT2D eigenvalue weighted by molar-refractivity contribution is 14.1. The standard InChI is InChI=1S/C6H12IN3O2/c8-4(2-6(11)12)1-5-3-9-7-10-5/h3-4,6,11-12H,1-2,8H2,(H,9,10)/t4-/m0/s1. The maximum Gasteiger partial charge on any atom is 0.152 e. The topological polar surface area (TPSA) is 90.9 Å². The molecule has 0 aliphatic carbocycles. The lowest BCUT2D eigenvalue weighted by Crippen LogP contribution is -2.26. The van der Waals surface area contributed by atoms with Gasteiger partial charge in [-0.25, -0.2) is 3.15 Å². The van der Waals surface area contributed by atoms with E-state index >= 15 is 0 Å². The first-order chi connectivity index (χ1) is 5.68. The molecular weight excluding hydrogens is 273 g/mol. The molecule has 6 heteroatoms. The van der Waals surface area contributed by atoms with Gasteiger partial charge < -0.3 is 19.5 Å². The van der Waals surface area contributed by atoms with Crippen molar-refractivity contribution in [2.75, 3.05) is 0 Å². The zero-order valence-electron chi connectivity index (χ0n) is 6.44. The maximum absolute atomic E-state index is 8.61. The van der Waals surface area contributed by atoms with Gasteiger partial charge in [-0.3, -0.25) is 0 Å². The lowest BCUT2D eigenvalue weighted by atomic mass is 10.1. The lowest BCUT2D eigenvalue weighted by Gasteiger charge is -2.11. The maximum atomic E-state index is 8.61. The molecule has 5 N–H and O–H groups in total. The van der Waals surface area contributed by atoms with Crippen LogP contribution in [0.15, 0.2) is 15.0 Å². The summed E-state index contributed by atoms with van der Waals surface area (Å²) in [6.07, 6.45) is 1.34. The first-order valence-electron chi connectivity index (χ1n) is 3.59. The summed E-state index contributed by atoms with van der Waals surface area (Å²) in [4.78, 5) is 0. The fraction of sp³-hybridized carbons (Fsp3) is 0.667. The first-order valence-corrected chi connectivity index (χ1v) is 5.63. The molecule has 1 aliphatic rings. The lowest BCUT2D eigenvalue weighted by molar-refractivity contribution is -0.0491. The van der Waals surface area contributed by atoms with E-state index in [0.29, 0.717) is 6.42 Å². The molecule has 1 atom stereocenters. The van der Waals surface area contributed by atoms with Crippen LogP contribution in [0.4, 0.5) is 0 Å². The second kappa shape index (κ2) is 4.85. The summed E-state index contributed by atoms with van der Waals surface area (Å²) in [5, 5.41) is 17.2. The summed E-state index contributed by atoms with van der Waals surface area (Å²) in [7, 11) is 0. The van der Waals surface area contributed by atoms with Crippen LogP contribution in [-0.2, 0) is 0 Å². The molecule has 5 nitrogen and oxygen atoms in total. The average Bonchev–Trinajstić information content (AvgIpc) is 2.37. The van der Waals surface area contributed by atoms with Crippen molar-refractivity contribution in [1.29, 1.82) is 0 Å². The molecule has 0 aromatic carbocycles. The van der Waals surface area contributed by atoms with Crippen molar-refractivity contribution < 1.29 is 10.2 Å². The van der Waals surface area contributed by atoms with E-state index < -0.39 is 6.29 Å². The smallest absolute Gasteiger partial charge is 0.152 e. The van der Waals surface area contributed by atoms with Crippen LogP contribution in [0, 0.1) is 0 Å². The third-order valence-electron chi connectivity index (χ3n) is 1.41. The number of nitrogens with one attached hydrogen (secondary N) is 1. The Morgan fingerprint density at radius 2 is 2.42 bits per heavy atom. The minimum atomic E-state index is -1.32. The summed E-state index contributed by atoms with van der Waals surface area (Å²) in [6, 6.07) is -0.219. The highest BCUT2D eigenvalue weighted by Gasteiger charge is 2.10. The Hall–Kier alpha value is -0.0500. The number of halogens is 1. The van der Waals surface area contributed by atoms with E-state index in [0.717, 1.165) is 5.70 Å². The summed E-state index contributed by atoms with van der Waals surface area (Å²) < 4.78 is 7.23. The van der Waals surface area contributed by atoms with Crippen LogP contribution in [-0.4, -0.2) is 22.5 Å². The molecule has 0 radical (unpaired) electrons. The Kier molecular flexibility index (Phi) is 4.06. The Balaban J connectivity index is 2.26. The normalized spacial score (nSPS) is 18.5. The second-order valence-electron chi connectivity index (χ2n) is 2.59. The number of rotatable bonds is 4. The summed E-state index contributed by atoms with van der Waals surface area (Å²) in [6.45, 7) is 0. The highest BCUT2D eigenvalue weighted by Crippen LogP contribution is 2.17. The van der Waals surface area contributed by atoms with E-state index in [1.54, 1.807) is 0 Å². The van der Waals surface area contributed by atoms with Crippen molar-refractivity contribution in [2.45, 2.75) is 25.2 Å². The number of aliphatic hydroxyl groups is 2. The molecular formula is C6H12IN3O2. The number of hydrogen-bond donors (Lipinski definition) is 4. The van der Waals surface area contributed by atoms with Gasteiger partial charge in [-0.2, -0.15) is 0 Å². The predicted molar refractivity (Wildman–Crippen MR) is 53.1 cm³/mol. The van der Waals surface area contributed by atoms with E-state index in [1.807, 2.05) is 6.20 Å². The van der Waals surface area contributed by atoms with Crippen molar-refractivity contribution in [1.82, 2.24) is 3.53 Å². The Morgan fingerprint density at radius 3 is 2.92 bits per heavy atom. The molecule has 0 unspecified atom stereocenters. The summed E-state index contributed by atoms with van der Waals surface area (Å²) in [5.74, 6) is 0. The van der Waals surface area contributed by atoms with Gasteiger partial charge in [0.25, 0.3) is 0 Å². The van der Waals surface area contributed by atoms with Gasteiger partial charge in [0.2, 0.25) is 0 Å². The molecule has 0 amide bonds. The van der Waals surface area contributed by atoms with Gasteiger partial charge in [0.15, 0.2) is 6.29 Å². The van der Waals surface area contributed by atoms with Gasteiger partial charge in [-0.1, -0.05) is 0 Å². The van der Waals surface area contributed by atoms with Crippen LogP contribution in [0.3, 0.4) is 0 Å². The SMILES string of the molecule is N[C@@H](CC1=CNI=N1)CC(O)O. The van der Waals surface area contributed by atoms with Crippen LogP contribution in [0.2, 0.25) is 0 Å². The molecule has 1 heterocycles. The molecule has 70 valence electrons. The quantitative estimate of drug-likeness (QED) is 0.330. The van der Waals surface area contributed by atoms with Crippen molar-refractivity contribution in [3.63, 3.8) is 0 Å². The third kappa shape index (κ3) is 3.57. The van der Waals surface area contributed by atoms with Crippen molar-refractivity contribution in [3.05, 3.63) is 11.9 Å². The van der Waals surface area contributed by atoms with E-state index in [9.17, 15) is 0 Å². The fourth-order valence-corrected chi connectivity index (χ4v) is 2.19. The van der Waals surface area contributed by atoms with Crippen LogP contribution < -0.4 is 9.26 Å². The van der Waals surface area contributed by atoms with Gasteiger partial charge in [-0.05, 0) is 0 Å². The monoisotopic (exact) mass is 285 g/mol. The van der Waals surface area contributed by atoms with Crippen LogP contribution in [0.25, 0.3) is 0 Å². The number of nitrogens with two attached hydrogens (primary N) is 1. The van der Waals surface area contributed by atoms with Crippen LogP contribution in [0.5, 0.6) is 0 Å². The zero-order valence-corrected chi connectivity index (χ0v) is 8.60. The number of hydrogen-bond acceptors (Lipinski definition) is 5. The molecule has 0 bridgehead atoms. The number of nitrogens with zero attached hydrogens (tertiary/aromatic N) is 1. The molecule has 0 saturated carbocycles. The molecule has 0 fully saturated rings. The molecule has 0 spiro atoms. The first kappa shape index (κ1) is 10.0. The van der Waals surface area contributed by atoms with Gasteiger partial charge in [0.1, 0.15) is 21.3 Å². The average molecular weight is 285 g/mol. The van der Waals surface area contributed by atoms with Crippen LogP contribution >= 0.6 is 21.3 Å². The number of aliphatic hydroxyl groups excluding tert-OH is 1. The van der Waals surface area contributed by atoms with Gasteiger partial charge in [-0.15, -0.1) is 0 Å².